The van der Waals surface area contributed by atoms with Crippen LogP contribution in [0.3, 0.4) is 0 Å². The first-order chi connectivity index (χ1) is 16.5. The number of fused-ring (bicyclic) bond motifs is 1. The SMILES string of the molecule is C/C=C/CCC1CCC2CC(c3ccc(C#Cc4ccc(OC)c(F)c4F)cc3F)CCC2C1. The number of benzene rings is 2. The van der Waals surface area contributed by atoms with Gasteiger partial charge in [0.15, 0.2) is 11.6 Å². The number of rotatable bonds is 5. The van der Waals surface area contributed by atoms with Crippen molar-refractivity contribution in [2.75, 3.05) is 7.11 Å². The molecule has 0 N–H and O–H groups in total. The van der Waals surface area contributed by atoms with Crippen LogP contribution in [0.2, 0.25) is 0 Å². The van der Waals surface area contributed by atoms with E-state index in [0.717, 1.165) is 30.2 Å². The van der Waals surface area contributed by atoms with Gasteiger partial charge in [-0.05, 0) is 105 Å². The second-order valence-electron chi connectivity index (χ2n) is 9.79. The van der Waals surface area contributed by atoms with Gasteiger partial charge in [-0.2, -0.15) is 4.39 Å². The molecule has 0 aromatic heterocycles. The van der Waals surface area contributed by atoms with Crippen molar-refractivity contribution < 1.29 is 17.9 Å². The maximum absolute atomic E-state index is 15.0. The van der Waals surface area contributed by atoms with Crippen LogP contribution in [0.4, 0.5) is 13.2 Å². The summed E-state index contributed by atoms with van der Waals surface area (Å²) in [5, 5.41) is 0. The van der Waals surface area contributed by atoms with Gasteiger partial charge in [0.25, 0.3) is 0 Å². The van der Waals surface area contributed by atoms with Crippen molar-refractivity contribution in [3.63, 3.8) is 0 Å². The molecule has 2 aromatic rings. The molecule has 0 bridgehead atoms. The molecule has 0 heterocycles. The molecule has 1 nitrogen and oxygen atoms in total. The van der Waals surface area contributed by atoms with Crippen LogP contribution in [-0.4, -0.2) is 7.11 Å². The lowest BCUT2D eigenvalue weighted by atomic mass is 9.63. The van der Waals surface area contributed by atoms with Crippen LogP contribution >= 0.6 is 0 Å². The van der Waals surface area contributed by atoms with E-state index in [1.807, 2.05) is 6.07 Å². The highest BCUT2D eigenvalue weighted by Gasteiger charge is 2.36. The Balaban J connectivity index is 1.40. The van der Waals surface area contributed by atoms with Gasteiger partial charge >= 0.3 is 0 Å². The van der Waals surface area contributed by atoms with Gasteiger partial charge in [0.05, 0.1) is 12.7 Å². The summed E-state index contributed by atoms with van der Waals surface area (Å²) in [6.45, 7) is 2.08. The second kappa shape index (κ2) is 11.2. The van der Waals surface area contributed by atoms with Crippen LogP contribution in [0.25, 0.3) is 0 Å². The second-order valence-corrected chi connectivity index (χ2v) is 9.79. The third-order valence-electron chi connectivity index (χ3n) is 7.75. The first kappa shape index (κ1) is 24.5. The molecule has 4 unspecified atom stereocenters. The van der Waals surface area contributed by atoms with Crippen molar-refractivity contribution in [3.8, 4) is 17.6 Å². The number of halogens is 3. The molecule has 180 valence electrons. The van der Waals surface area contributed by atoms with E-state index in [1.54, 1.807) is 6.07 Å². The van der Waals surface area contributed by atoms with Crippen LogP contribution in [0.1, 0.15) is 80.9 Å². The number of methoxy groups -OCH3 is 1. The fraction of sp³-hybridized carbons (Fsp3) is 0.467. The van der Waals surface area contributed by atoms with Gasteiger partial charge in [-0.3, -0.25) is 0 Å². The molecule has 0 aliphatic heterocycles. The lowest BCUT2D eigenvalue weighted by molar-refractivity contribution is 0.114. The van der Waals surface area contributed by atoms with Gasteiger partial charge in [0, 0.05) is 5.56 Å². The Bertz CT molecular complexity index is 1090. The zero-order valence-corrected chi connectivity index (χ0v) is 20.0. The summed E-state index contributed by atoms with van der Waals surface area (Å²) in [4.78, 5) is 0. The maximum Gasteiger partial charge on any atom is 0.201 e. The van der Waals surface area contributed by atoms with Gasteiger partial charge in [-0.25, -0.2) is 8.78 Å². The molecule has 2 aliphatic carbocycles. The molecule has 34 heavy (non-hydrogen) atoms. The van der Waals surface area contributed by atoms with Crippen molar-refractivity contribution in [3.05, 3.63) is 76.6 Å². The molecule has 4 rings (SSSR count). The molecule has 0 radical (unpaired) electrons. The fourth-order valence-corrected chi connectivity index (χ4v) is 5.89. The molecule has 2 aliphatic rings. The molecule has 0 spiro atoms. The summed E-state index contributed by atoms with van der Waals surface area (Å²) in [5.74, 6) is 5.40. The number of hydrogen-bond acceptors (Lipinski definition) is 1. The highest BCUT2D eigenvalue weighted by atomic mass is 19.2. The van der Waals surface area contributed by atoms with Crippen molar-refractivity contribution in [2.45, 2.75) is 64.2 Å². The summed E-state index contributed by atoms with van der Waals surface area (Å²) in [5.41, 5.74) is 1.13. The highest BCUT2D eigenvalue weighted by molar-refractivity contribution is 5.46. The molecule has 2 saturated carbocycles. The van der Waals surface area contributed by atoms with Gasteiger partial charge in [0.2, 0.25) is 5.82 Å². The van der Waals surface area contributed by atoms with E-state index in [2.05, 4.69) is 30.9 Å². The Kier molecular flexibility index (Phi) is 8.03. The van der Waals surface area contributed by atoms with Gasteiger partial charge in [-0.15, -0.1) is 0 Å². The number of ether oxygens (including phenoxy) is 1. The summed E-state index contributed by atoms with van der Waals surface area (Å²) in [6.07, 6.45) is 14.0. The first-order valence-corrected chi connectivity index (χ1v) is 12.4. The largest absolute Gasteiger partial charge is 0.494 e. The molecule has 4 heteroatoms. The Hall–Kier alpha value is -2.67. The fourth-order valence-electron chi connectivity index (χ4n) is 5.89. The summed E-state index contributed by atoms with van der Waals surface area (Å²) in [6, 6.07) is 7.73. The summed E-state index contributed by atoms with van der Waals surface area (Å²) < 4.78 is 47.8. The average molecular weight is 467 g/mol. The normalized spacial score (nSPS) is 24.4. The lowest BCUT2D eigenvalue weighted by Gasteiger charge is -2.42. The van der Waals surface area contributed by atoms with Gasteiger partial charge in [0.1, 0.15) is 5.82 Å². The number of hydrogen-bond donors (Lipinski definition) is 0. The van der Waals surface area contributed by atoms with E-state index in [-0.39, 0.29) is 23.0 Å². The minimum atomic E-state index is -1.07. The quantitative estimate of drug-likeness (QED) is 0.319. The van der Waals surface area contributed by atoms with Gasteiger partial charge < -0.3 is 4.74 Å². The van der Waals surface area contributed by atoms with Crippen molar-refractivity contribution in [1.82, 2.24) is 0 Å². The van der Waals surface area contributed by atoms with E-state index in [0.29, 0.717) is 11.5 Å². The van der Waals surface area contributed by atoms with E-state index in [4.69, 9.17) is 4.74 Å². The Morgan fingerprint density at radius 1 is 0.941 bits per heavy atom. The smallest absolute Gasteiger partial charge is 0.201 e. The molecule has 2 fully saturated rings. The molecule has 0 saturated heterocycles. The molecular weight excluding hydrogens is 433 g/mol. The van der Waals surface area contributed by atoms with E-state index >= 15 is 4.39 Å². The molecule has 2 aromatic carbocycles. The third-order valence-corrected chi connectivity index (χ3v) is 7.75. The van der Waals surface area contributed by atoms with Crippen LogP contribution in [0, 0.1) is 47.0 Å². The van der Waals surface area contributed by atoms with Crippen LogP contribution in [0.5, 0.6) is 5.75 Å². The van der Waals surface area contributed by atoms with Crippen LogP contribution in [0.15, 0.2) is 42.5 Å². The van der Waals surface area contributed by atoms with Crippen LogP contribution in [-0.2, 0) is 0 Å². The van der Waals surface area contributed by atoms with Crippen LogP contribution < -0.4 is 4.74 Å². The molecule has 0 amide bonds. The third kappa shape index (κ3) is 5.52. The van der Waals surface area contributed by atoms with E-state index in [1.165, 1.54) is 63.8 Å². The van der Waals surface area contributed by atoms with E-state index < -0.39 is 11.6 Å². The number of allylic oxidation sites excluding steroid dienone is 2. The monoisotopic (exact) mass is 466 g/mol. The minimum Gasteiger partial charge on any atom is -0.494 e. The average Bonchev–Trinajstić information content (AvgIpc) is 2.85. The van der Waals surface area contributed by atoms with E-state index in [9.17, 15) is 8.78 Å². The van der Waals surface area contributed by atoms with Gasteiger partial charge in [-0.1, -0.05) is 36.5 Å². The summed E-state index contributed by atoms with van der Waals surface area (Å²) in [7, 11) is 1.28. The summed E-state index contributed by atoms with van der Waals surface area (Å²) >= 11 is 0. The van der Waals surface area contributed by atoms with Crippen molar-refractivity contribution in [1.29, 1.82) is 0 Å². The Morgan fingerprint density at radius 3 is 2.50 bits per heavy atom. The van der Waals surface area contributed by atoms with Crippen molar-refractivity contribution >= 4 is 0 Å². The standard InChI is InChI=1S/C30H33F3O/c1-3-4-5-6-20-8-11-24-19-25(13-12-23(24)17-20)26-15-9-21(18-27(26)31)7-10-22-14-16-28(34-2)30(33)29(22)32/h3-4,9,14-16,18,20,23-25H,5-6,8,11-13,17,19H2,1-2H3/b4-3+. The minimum absolute atomic E-state index is 0.0811. The first-order valence-electron chi connectivity index (χ1n) is 12.4. The molecular formula is C30H33F3O. The highest BCUT2D eigenvalue weighted by Crippen LogP contribution is 2.48. The Labute approximate surface area is 201 Å². The van der Waals surface area contributed by atoms with Crippen molar-refractivity contribution in [2.24, 2.45) is 17.8 Å². The zero-order chi connectivity index (χ0) is 24.1. The zero-order valence-electron chi connectivity index (χ0n) is 20.0. The predicted molar refractivity (Wildman–Crippen MR) is 130 cm³/mol. The molecule has 4 atom stereocenters. The Morgan fingerprint density at radius 2 is 1.74 bits per heavy atom. The topological polar surface area (TPSA) is 9.23 Å². The maximum atomic E-state index is 15.0. The lowest BCUT2D eigenvalue weighted by Crippen LogP contribution is -2.30. The predicted octanol–water partition coefficient (Wildman–Crippen LogP) is 8.17.